The topological polar surface area (TPSA) is 106 Å². The number of carbonyl (C=O) groups excluding carboxylic acids is 2. The molecule has 0 radical (unpaired) electrons. The monoisotopic (exact) mass is 422 g/mol. The molecular formula is C23H26N4O4. The molecule has 0 fully saturated rings. The molecule has 3 rings (SSSR count). The smallest absolute Gasteiger partial charge is 0.251 e. The number of hydrogen-bond donors (Lipinski definition) is 2. The second kappa shape index (κ2) is 10.4. The molecule has 3 aromatic rings. The Labute approximate surface area is 181 Å². The molecule has 1 aromatic heterocycles. The third-order valence-electron chi connectivity index (χ3n) is 4.31. The lowest BCUT2D eigenvalue weighted by atomic mass is 10.1. The maximum absolute atomic E-state index is 12.4. The van der Waals surface area contributed by atoms with E-state index in [1.807, 2.05) is 38.1 Å². The van der Waals surface area contributed by atoms with Crippen molar-refractivity contribution in [3.63, 3.8) is 0 Å². The van der Waals surface area contributed by atoms with Crippen LogP contribution >= 0.6 is 0 Å². The van der Waals surface area contributed by atoms with Crippen LogP contribution in [-0.4, -0.2) is 22.0 Å². The van der Waals surface area contributed by atoms with Crippen LogP contribution in [0.25, 0.3) is 0 Å². The molecule has 0 aliphatic rings. The molecule has 2 N–H and O–H groups in total. The molecule has 0 saturated carbocycles. The highest BCUT2D eigenvalue weighted by Gasteiger charge is 2.09. The number of aryl methyl sites for hydroxylation is 1. The van der Waals surface area contributed by atoms with E-state index in [0.717, 1.165) is 11.3 Å². The largest absolute Gasteiger partial charge is 0.485 e. The van der Waals surface area contributed by atoms with Crippen molar-refractivity contribution in [2.75, 3.05) is 5.32 Å². The second-order valence-corrected chi connectivity index (χ2v) is 7.57. The fraction of sp³-hybridized carbons (Fsp3) is 0.304. The summed E-state index contributed by atoms with van der Waals surface area (Å²) in [6.45, 7) is 6.25. The van der Waals surface area contributed by atoms with Gasteiger partial charge < -0.3 is 19.9 Å². The van der Waals surface area contributed by atoms with Gasteiger partial charge in [0.25, 0.3) is 5.91 Å². The van der Waals surface area contributed by atoms with Crippen LogP contribution in [0.4, 0.5) is 5.69 Å². The zero-order valence-corrected chi connectivity index (χ0v) is 17.8. The van der Waals surface area contributed by atoms with Gasteiger partial charge >= 0.3 is 0 Å². The maximum atomic E-state index is 12.4. The van der Waals surface area contributed by atoms with Crippen LogP contribution in [-0.2, 0) is 17.9 Å². The van der Waals surface area contributed by atoms with E-state index < -0.39 is 0 Å². The van der Waals surface area contributed by atoms with Crippen molar-refractivity contribution < 1.29 is 18.8 Å². The van der Waals surface area contributed by atoms with E-state index in [9.17, 15) is 9.59 Å². The molecule has 0 bridgehead atoms. The number of benzene rings is 2. The number of rotatable bonds is 9. The first-order valence-corrected chi connectivity index (χ1v) is 10.1. The van der Waals surface area contributed by atoms with Crippen molar-refractivity contribution in [2.45, 2.75) is 40.3 Å². The van der Waals surface area contributed by atoms with Gasteiger partial charge in [0.15, 0.2) is 6.61 Å². The van der Waals surface area contributed by atoms with Gasteiger partial charge in [0, 0.05) is 31.1 Å². The Kier molecular flexibility index (Phi) is 7.37. The van der Waals surface area contributed by atoms with Crippen LogP contribution in [0, 0.1) is 12.8 Å². The molecule has 1 heterocycles. The molecule has 0 atom stereocenters. The van der Waals surface area contributed by atoms with E-state index >= 15 is 0 Å². The number of ether oxygens (including phenoxy) is 1. The molecule has 8 heteroatoms. The predicted molar refractivity (Wildman–Crippen MR) is 116 cm³/mol. The van der Waals surface area contributed by atoms with Gasteiger partial charge in [0.05, 0.1) is 0 Å². The Hall–Kier alpha value is -3.68. The molecule has 31 heavy (non-hydrogen) atoms. The zero-order valence-electron chi connectivity index (χ0n) is 17.8. The van der Waals surface area contributed by atoms with E-state index in [-0.39, 0.29) is 18.4 Å². The number of nitrogens with zero attached hydrogens (tertiary/aromatic N) is 2. The SMILES string of the molecule is Cc1nc(COc2ccc(C(=O)NCc3cccc(NC(=O)CC(C)C)c3)cc2)no1. The van der Waals surface area contributed by atoms with E-state index in [1.165, 1.54) is 0 Å². The number of anilines is 1. The minimum absolute atomic E-state index is 0.0204. The normalized spacial score (nSPS) is 10.7. The minimum Gasteiger partial charge on any atom is -0.485 e. The number of hydrogen-bond acceptors (Lipinski definition) is 6. The maximum Gasteiger partial charge on any atom is 0.251 e. The standard InChI is InChI=1S/C23H26N4O4/c1-15(2)11-22(28)26-19-6-4-5-17(12-19)13-24-23(29)18-7-9-20(10-8-18)30-14-21-25-16(3)31-27-21/h4-10,12,15H,11,13-14H2,1-3H3,(H,24,29)(H,26,28). The molecule has 2 aromatic carbocycles. The Morgan fingerprint density at radius 1 is 1.13 bits per heavy atom. The molecule has 0 aliphatic heterocycles. The molecule has 0 aliphatic carbocycles. The van der Waals surface area contributed by atoms with Crippen LogP contribution < -0.4 is 15.4 Å². The van der Waals surface area contributed by atoms with Gasteiger partial charge in [-0.3, -0.25) is 9.59 Å². The quantitative estimate of drug-likeness (QED) is 0.542. The number of carbonyl (C=O) groups is 2. The van der Waals surface area contributed by atoms with Crippen LogP contribution in [0.1, 0.15) is 47.9 Å². The van der Waals surface area contributed by atoms with Crippen LogP contribution in [0.3, 0.4) is 0 Å². The highest BCUT2D eigenvalue weighted by Crippen LogP contribution is 2.15. The average molecular weight is 422 g/mol. The summed E-state index contributed by atoms with van der Waals surface area (Å²) in [5, 5.41) is 9.53. The van der Waals surface area contributed by atoms with Crippen LogP contribution in [0.15, 0.2) is 53.1 Å². The molecule has 0 spiro atoms. The Balaban J connectivity index is 1.50. The second-order valence-electron chi connectivity index (χ2n) is 7.57. The fourth-order valence-electron chi connectivity index (χ4n) is 2.88. The summed E-state index contributed by atoms with van der Waals surface area (Å²) < 4.78 is 10.5. The van der Waals surface area contributed by atoms with Gasteiger partial charge in [-0.1, -0.05) is 31.1 Å². The third-order valence-corrected chi connectivity index (χ3v) is 4.31. The van der Waals surface area contributed by atoms with E-state index in [4.69, 9.17) is 9.26 Å². The van der Waals surface area contributed by atoms with Crippen LogP contribution in [0.5, 0.6) is 5.75 Å². The summed E-state index contributed by atoms with van der Waals surface area (Å²) in [4.78, 5) is 28.4. The Morgan fingerprint density at radius 3 is 2.58 bits per heavy atom. The first-order chi connectivity index (χ1) is 14.9. The molecule has 0 unspecified atom stereocenters. The highest BCUT2D eigenvalue weighted by atomic mass is 16.5. The van der Waals surface area contributed by atoms with Gasteiger partial charge in [-0.2, -0.15) is 4.98 Å². The van der Waals surface area contributed by atoms with Crippen molar-refractivity contribution in [3.05, 3.63) is 71.4 Å². The lowest BCUT2D eigenvalue weighted by Crippen LogP contribution is -2.22. The molecular weight excluding hydrogens is 396 g/mol. The van der Waals surface area contributed by atoms with Crippen LogP contribution in [0.2, 0.25) is 0 Å². The third kappa shape index (κ3) is 6.95. The predicted octanol–water partition coefficient (Wildman–Crippen LogP) is 3.87. The summed E-state index contributed by atoms with van der Waals surface area (Å²) in [6.07, 6.45) is 0.468. The number of amides is 2. The summed E-state index contributed by atoms with van der Waals surface area (Å²) in [5.74, 6) is 1.62. The van der Waals surface area contributed by atoms with Crippen molar-refractivity contribution >= 4 is 17.5 Å². The molecule has 8 nitrogen and oxygen atoms in total. The lowest BCUT2D eigenvalue weighted by molar-refractivity contribution is -0.116. The van der Waals surface area contributed by atoms with Crippen molar-refractivity contribution in [2.24, 2.45) is 5.92 Å². The van der Waals surface area contributed by atoms with Gasteiger partial charge in [0.1, 0.15) is 5.75 Å². The van der Waals surface area contributed by atoms with Gasteiger partial charge in [-0.25, -0.2) is 0 Å². The highest BCUT2D eigenvalue weighted by molar-refractivity contribution is 5.94. The van der Waals surface area contributed by atoms with E-state index in [0.29, 0.717) is 41.9 Å². The van der Waals surface area contributed by atoms with E-state index in [2.05, 4.69) is 20.8 Å². The lowest BCUT2D eigenvalue weighted by Gasteiger charge is -2.10. The van der Waals surface area contributed by atoms with Gasteiger partial charge in [-0.15, -0.1) is 0 Å². The minimum atomic E-state index is -0.199. The molecule has 0 saturated heterocycles. The zero-order chi connectivity index (χ0) is 22.2. The van der Waals surface area contributed by atoms with Crippen molar-refractivity contribution in [1.82, 2.24) is 15.5 Å². The van der Waals surface area contributed by atoms with Crippen molar-refractivity contribution in [1.29, 1.82) is 0 Å². The summed E-state index contributed by atoms with van der Waals surface area (Å²) >= 11 is 0. The number of aromatic nitrogens is 2. The summed E-state index contributed by atoms with van der Waals surface area (Å²) in [5.41, 5.74) is 2.13. The van der Waals surface area contributed by atoms with Gasteiger partial charge in [0.2, 0.25) is 17.6 Å². The molecule has 162 valence electrons. The number of nitrogens with one attached hydrogen (secondary N) is 2. The van der Waals surface area contributed by atoms with Crippen molar-refractivity contribution in [3.8, 4) is 5.75 Å². The van der Waals surface area contributed by atoms with Gasteiger partial charge in [-0.05, 0) is 47.9 Å². The summed E-state index contributed by atoms with van der Waals surface area (Å²) in [6, 6.07) is 14.2. The Morgan fingerprint density at radius 2 is 1.90 bits per heavy atom. The Bertz CT molecular complexity index is 1030. The van der Waals surface area contributed by atoms with E-state index in [1.54, 1.807) is 31.2 Å². The fourth-order valence-corrected chi connectivity index (χ4v) is 2.88. The average Bonchev–Trinajstić information content (AvgIpc) is 3.15. The first kappa shape index (κ1) is 22.0. The summed E-state index contributed by atoms with van der Waals surface area (Å²) in [7, 11) is 0. The first-order valence-electron chi connectivity index (χ1n) is 10.1. The molecule has 2 amide bonds.